The Hall–Kier alpha value is -5.46. The van der Waals surface area contributed by atoms with Crippen LogP contribution in [0.3, 0.4) is 0 Å². The molecule has 2 saturated heterocycles. The van der Waals surface area contributed by atoms with Gasteiger partial charge in [0.2, 0.25) is 0 Å². The van der Waals surface area contributed by atoms with Crippen molar-refractivity contribution in [3.63, 3.8) is 0 Å². The second-order valence-electron chi connectivity index (χ2n) is 40.7. The predicted octanol–water partition coefficient (Wildman–Crippen LogP) is 11.4. The molecule has 34 heteroatoms. The highest BCUT2D eigenvalue weighted by Crippen LogP contribution is 2.64. The Bertz CT molecular complexity index is 4050. The number of carbonyl (C=O) groups excluding carboxylic acids is 8. The second kappa shape index (κ2) is 42.4. The minimum atomic E-state index is -4.30. The van der Waals surface area contributed by atoms with Crippen LogP contribution in [0.25, 0.3) is 0 Å². The summed E-state index contributed by atoms with van der Waals surface area (Å²) in [6.07, 6.45) is 15.2. The van der Waals surface area contributed by atoms with Crippen molar-refractivity contribution in [1.82, 2.24) is 0 Å². The number of hydrogen-bond acceptors (Lipinski definition) is 28. The first-order valence-corrected chi connectivity index (χ1v) is 48.6. The van der Waals surface area contributed by atoms with Gasteiger partial charge < -0.3 is 56.0 Å². The maximum Gasteiger partial charge on any atom is 0.344 e. The van der Waals surface area contributed by atoms with Gasteiger partial charge in [-0.3, -0.25) is 22.7 Å². The van der Waals surface area contributed by atoms with E-state index in [1.54, 1.807) is 34.6 Å². The standard InChI is InChI=1S/C19H32O2.C17H26O2.C15H22O7S.C13H16O7S.C8H16O5S.C6H10O5S.2C4H12N.CH4/c1-6-18(4,5)17(20)21-19(12(2)3)15-8-13-7-14(10-15)11-16(19)9-13;1-10(2)16(18)19-17(11(3)4)14-6-12-5-13(8-14)9-15(17)7-12;1-4-15(2,3)14(17)20-7-11(16)21-12-8-5-9-10(6-8)23(18,19)22-13(9)12;1-6(2)13(15)18-5-10(14)19-11-7-3-8-9(4-7)21(16,17)20-12(8)11;1-4-8(2,3)7(9)13-5-6-14(10,11)12;1-5(2)6(7)11-3-4-12(8,9)10;2*1-5(2,3)4;/h12-16H,6-11H2,1-5H3;11-15H,1,5-9H2,2-4H3;8-10,12-13H,4-7H2,1-3H3;7-9,11-12H,1,3-5H2,2H3;4-6H2,1-3H3,(H,10,11,12);1,3-4H2,2H3,(H,8,9,10);2*1-4H3;1H4/q;;;;;;2*+1;/p-2. The van der Waals surface area contributed by atoms with Crippen LogP contribution in [0, 0.1) is 99.1 Å². The zero-order valence-electron chi connectivity index (χ0n) is 75.9. The molecule has 12 bridgehead atoms. The summed E-state index contributed by atoms with van der Waals surface area (Å²) in [7, 11) is 1.35. The van der Waals surface area contributed by atoms with Crippen molar-refractivity contribution in [3.05, 3.63) is 36.5 Å². The van der Waals surface area contributed by atoms with Gasteiger partial charge in [0, 0.05) is 40.4 Å². The molecule has 10 atom stereocenters. The van der Waals surface area contributed by atoms with E-state index in [9.17, 15) is 81.1 Å². The van der Waals surface area contributed by atoms with Gasteiger partial charge in [0.15, 0.2) is 13.2 Å². The minimum Gasteiger partial charge on any atom is -0.748 e. The van der Waals surface area contributed by atoms with Gasteiger partial charge in [0.1, 0.15) is 48.8 Å². The fourth-order valence-electron chi connectivity index (χ4n) is 19.1. The van der Waals surface area contributed by atoms with Gasteiger partial charge in [-0.2, -0.15) is 16.8 Å². The Morgan fingerprint density at radius 3 is 1.02 bits per heavy atom. The van der Waals surface area contributed by atoms with E-state index in [-0.39, 0.29) is 77.4 Å². The lowest BCUT2D eigenvalue weighted by molar-refractivity contribution is -0.849. The lowest BCUT2D eigenvalue weighted by Crippen LogP contribution is -2.63. The van der Waals surface area contributed by atoms with E-state index < -0.39 is 153 Å². The van der Waals surface area contributed by atoms with E-state index in [0.717, 1.165) is 39.1 Å². The van der Waals surface area contributed by atoms with Gasteiger partial charge in [0.25, 0.3) is 20.2 Å². The smallest absolute Gasteiger partial charge is 0.344 e. The summed E-state index contributed by atoms with van der Waals surface area (Å²) >= 11 is 0. The van der Waals surface area contributed by atoms with E-state index >= 15 is 0 Å². The van der Waals surface area contributed by atoms with Crippen LogP contribution in [0.15, 0.2) is 36.5 Å². The number of nitrogens with zero attached hydrogens (tertiary/aromatic N) is 2. The summed E-state index contributed by atoms with van der Waals surface area (Å²) in [5.41, 5.74) is -1.12. The van der Waals surface area contributed by atoms with E-state index in [4.69, 9.17) is 36.8 Å². The van der Waals surface area contributed by atoms with E-state index in [1.807, 2.05) is 27.7 Å². The Morgan fingerprint density at radius 2 is 0.719 bits per heavy atom. The lowest BCUT2D eigenvalue weighted by atomic mass is 9.47. The Balaban J connectivity index is 0.000000301. The summed E-state index contributed by atoms with van der Waals surface area (Å²) in [4.78, 5) is 93.4. The van der Waals surface area contributed by atoms with Crippen LogP contribution in [0.5, 0.6) is 0 Å². The van der Waals surface area contributed by atoms with Crippen molar-refractivity contribution < 1.29 is 136 Å². The molecule has 0 aromatic heterocycles. The van der Waals surface area contributed by atoms with Crippen LogP contribution in [-0.4, -0.2) is 240 Å². The highest BCUT2D eigenvalue weighted by Gasteiger charge is 2.68. The van der Waals surface area contributed by atoms with Gasteiger partial charge >= 0.3 is 47.8 Å². The number of carbonyl (C=O) groups is 8. The van der Waals surface area contributed by atoms with Crippen molar-refractivity contribution in [2.24, 2.45) is 99.1 Å². The van der Waals surface area contributed by atoms with Crippen LogP contribution in [0.1, 0.15) is 227 Å². The Kier molecular flexibility index (Phi) is 37.8. The zero-order valence-corrected chi connectivity index (χ0v) is 79.2. The topological polar surface area (TPSA) is 412 Å². The average molecular weight is 1800 g/mol. The number of esters is 8. The largest absolute Gasteiger partial charge is 0.748 e. The quantitative estimate of drug-likeness (QED) is 0.0205. The third-order valence-electron chi connectivity index (χ3n) is 25.7. The molecule has 14 fully saturated rings. The van der Waals surface area contributed by atoms with Crippen LogP contribution in [-0.2, 0) is 125 Å². The van der Waals surface area contributed by atoms with Gasteiger partial charge in [-0.25, -0.2) is 40.8 Å². The van der Waals surface area contributed by atoms with Crippen molar-refractivity contribution in [2.45, 2.75) is 273 Å². The molecule has 12 aliphatic carbocycles. The molecule has 14 aliphatic rings. The maximum atomic E-state index is 12.8. The summed E-state index contributed by atoms with van der Waals surface area (Å²) in [5, 5.41) is -0.903. The molecule has 2 heterocycles. The van der Waals surface area contributed by atoms with Crippen molar-refractivity contribution in [2.75, 3.05) is 94.3 Å². The van der Waals surface area contributed by atoms with E-state index in [1.165, 1.54) is 78.1 Å². The van der Waals surface area contributed by atoms with Crippen molar-refractivity contribution >= 4 is 88.2 Å². The molecule has 12 saturated carbocycles. The summed E-state index contributed by atoms with van der Waals surface area (Å²) in [5.74, 6) is 1.56. The lowest BCUT2D eigenvalue weighted by Gasteiger charge is -2.62. The molecule has 121 heavy (non-hydrogen) atoms. The van der Waals surface area contributed by atoms with Crippen molar-refractivity contribution in [1.29, 1.82) is 0 Å². The second-order valence-corrected chi connectivity index (χ2v) is 47.3. The Labute approximate surface area is 723 Å². The number of fused-ring (bicyclic) bond motifs is 2. The molecule has 698 valence electrons. The SMILES string of the molecule is C.C=C(C)C(=O)OC1(C(C)C)C2CC3CC(C2)CC1C3.C=C(C)C(=O)OCC(=O)OC1C2CC3C1OS(=O)(=O)C3C2.C=C(C)C(=O)OCCS(=O)(=O)[O-].CCC(C)(C)C(=O)OC1(C(C)C)C2CC3CC(C2)CC1C3.CCC(C)(C)C(=O)OCC(=O)OC1C2CC3C1OS(=O)(=O)C3C2.CCC(C)(C)C(=O)OCCS(=O)(=O)[O-].C[N+](C)(C)C.C[N+](C)(C)C. The van der Waals surface area contributed by atoms with Gasteiger partial charge in [-0.05, 0) is 231 Å². The van der Waals surface area contributed by atoms with Crippen LogP contribution in [0.4, 0.5) is 0 Å². The molecule has 0 aromatic rings. The molecule has 0 spiro atoms. The molecule has 0 N–H and O–H groups in total. The monoisotopic (exact) mass is 1800 g/mol. The normalized spacial score (nSPS) is 31.2. The first-order valence-electron chi connectivity index (χ1n) is 42.5. The molecule has 14 rings (SSSR count). The third-order valence-corrected chi connectivity index (χ3v) is 30.5. The fourth-order valence-corrected chi connectivity index (χ4v) is 23.4. The third kappa shape index (κ3) is 29.6. The average Bonchev–Trinajstić information content (AvgIpc) is 0.808. The molecule has 30 nitrogen and oxygen atoms in total. The summed E-state index contributed by atoms with van der Waals surface area (Å²) < 4.78 is 162. The maximum absolute atomic E-state index is 12.8. The number of hydrogen-bond donors (Lipinski definition) is 0. The van der Waals surface area contributed by atoms with Crippen LogP contribution < -0.4 is 0 Å². The van der Waals surface area contributed by atoms with Crippen LogP contribution in [0.2, 0.25) is 0 Å². The first kappa shape index (κ1) is 108. The molecule has 0 amide bonds. The molecular weight excluding hydrogens is 1650 g/mol. The number of quaternary nitrogens is 2. The van der Waals surface area contributed by atoms with E-state index in [2.05, 4.69) is 120 Å². The fraction of sp³-hybridized carbons (Fsp3) is 0.839. The Morgan fingerprint density at radius 1 is 0.438 bits per heavy atom. The number of ether oxygens (including phenoxy) is 8. The predicted molar refractivity (Wildman–Crippen MR) is 453 cm³/mol. The van der Waals surface area contributed by atoms with Gasteiger partial charge in [0.05, 0.1) is 115 Å². The number of rotatable bonds is 25. The molecule has 2 aliphatic heterocycles. The summed E-state index contributed by atoms with van der Waals surface area (Å²) in [6, 6.07) is 0. The highest BCUT2D eigenvalue weighted by molar-refractivity contribution is 7.88. The molecule has 0 radical (unpaired) electrons. The highest BCUT2D eigenvalue weighted by atomic mass is 32.2. The molecular formula is C87H148N2O28S4. The summed E-state index contributed by atoms with van der Waals surface area (Å²) in [6.45, 7) is 39.0. The minimum absolute atomic E-state index is 0. The van der Waals surface area contributed by atoms with Gasteiger partial charge in [-0.15, -0.1) is 0 Å². The molecule has 10 unspecified atom stereocenters. The van der Waals surface area contributed by atoms with Crippen LogP contribution >= 0.6 is 0 Å². The van der Waals surface area contributed by atoms with Crippen molar-refractivity contribution in [3.8, 4) is 0 Å². The van der Waals surface area contributed by atoms with Gasteiger partial charge in [-0.1, -0.05) is 75.6 Å². The first-order chi connectivity index (χ1) is 54.7. The molecule has 0 aromatic carbocycles. The van der Waals surface area contributed by atoms with E-state index in [0.29, 0.717) is 79.6 Å². The zero-order chi connectivity index (χ0) is 91.7.